The first kappa shape index (κ1) is 15.3. The number of carbonyl (C=O) groups is 1. The van der Waals surface area contributed by atoms with Crippen molar-refractivity contribution >= 4 is 11.8 Å². The fraction of sp³-hybridized carbons (Fsp3) is 0.267. The van der Waals surface area contributed by atoms with E-state index in [4.69, 9.17) is 5.73 Å². The lowest BCUT2D eigenvalue weighted by Crippen LogP contribution is -2.40. The molecule has 8 heteroatoms. The van der Waals surface area contributed by atoms with Crippen LogP contribution < -0.4 is 10.6 Å². The van der Waals surface area contributed by atoms with Crippen LogP contribution in [0.3, 0.4) is 0 Å². The van der Waals surface area contributed by atoms with Crippen molar-refractivity contribution in [2.24, 2.45) is 5.73 Å². The Hall–Kier alpha value is -2.64. The van der Waals surface area contributed by atoms with Gasteiger partial charge in [0.15, 0.2) is 0 Å². The topological polar surface area (TPSA) is 72.1 Å². The van der Waals surface area contributed by atoms with Gasteiger partial charge >= 0.3 is 12.2 Å². The van der Waals surface area contributed by atoms with Crippen LogP contribution in [0.25, 0.3) is 11.1 Å². The zero-order valence-corrected chi connectivity index (χ0v) is 12.0. The van der Waals surface area contributed by atoms with Crippen LogP contribution in [0.2, 0.25) is 0 Å². The molecule has 0 unspecified atom stereocenters. The SMILES string of the molecule is NC(=O)N1CCCc2cc(-c3cncc(C(F)(F)F)c3)cnc21. The second-order valence-electron chi connectivity index (χ2n) is 5.26. The molecule has 120 valence electrons. The third-order valence-electron chi connectivity index (χ3n) is 3.69. The molecule has 0 radical (unpaired) electrons. The number of nitrogens with zero attached hydrogens (tertiary/aromatic N) is 3. The van der Waals surface area contributed by atoms with Gasteiger partial charge in [0.25, 0.3) is 0 Å². The standard InChI is InChI=1S/C15H13F3N4O/c16-15(17,18)12-5-11(6-20-8-12)10-4-9-2-1-3-22(14(19)23)13(9)21-7-10/h4-8H,1-3H2,(H2,19,23). The summed E-state index contributed by atoms with van der Waals surface area (Å²) in [7, 11) is 0. The molecule has 0 aliphatic carbocycles. The predicted octanol–water partition coefficient (Wildman–Crippen LogP) is 2.99. The van der Waals surface area contributed by atoms with Crippen molar-refractivity contribution in [1.82, 2.24) is 9.97 Å². The highest BCUT2D eigenvalue weighted by Gasteiger charge is 2.31. The largest absolute Gasteiger partial charge is 0.417 e. The Balaban J connectivity index is 2.01. The quantitative estimate of drug-likeness (QED) is 0.877. The molecule has 2 aromatic heterocycles. The number of carbonyl (C=O) groups excluding carboxylic acids is 1. The Morgan fingerprint density at radius 1 is 1.17 bits per heavy atom. The average Bonchev–Trinajstić information content (AvgIpc) is 2.53. The van der Waals surface area contributed by atoms with Crippen molar-refractivity contribution in [1.29, 1.82) is 0 Å². The minimum atomic E-state index is -4.45. The van der Waals surface area contributed by atoms with Crippen molar-refractivity contribution in [2.45, 2.75) is 19.0 Å². The summed E-state index contributed by atoms with van der Waals surface area (Å²) < 4.78 is 38.3. The number of urea groups is 1. The van der Waals surface area contributed by atoms with E-state index >= 15 is 0 Å². The van der Waals surface area contributed by atoms with E-state index in [0.717, 1.165) is 24.2 Å². The fourth-order valence-electron chi connectivity index (χ4n) is 2.59. The van der Waals surface area contributed by atoms with Crippen molar-refractivity contribution in [3.8, 4) is 11.1 Å². The van der Waals surface area contributed by atoms with Crippen LogP contribution in [0.4, 0.5) is 23.8 Å². The van der Waals surface area contributed by atoms with E-state index in [9.17, 15) is 18.0 Å². The number of fused-ring (bicyclic) bond motifs is 1. The lowest BCUT2D eigenvalue weighted by Gasteiger charge is -2.26. The van der Waals surface area contributed by atoms with E-state index in [1.54, 1.807) is 6.07 Å². The molecule has 0 fully saturated rings. The molecule has 3 heterocycles. The predicted molar refractivity (Wildman–Crippen MR) is 77.7 cm³/mol. The van der Waals surface area contributed by atoms with Crippen LogP contribution in [0.1, 0.15) is 17.5 Å². The van der Waals surface area contributed by atoms with Crippen molar-refractivity contribution in [2.75, 3.05) is 11.4 Å². The number of aryl methyl sites for hydroxylation is 1. The van der Waals surface area contributed by atoms with Gasteiger partial charge < -0.3 is 5.73 Å². The molecular formula is C15H13F3N4O. The molecule has 1 aliphatic heterocycles. The zero-order chi connectivity index (χ0) is 16.6. The summed E-state index contributed by atoms with van der Waals surface area (Å²) in [5.74, 6) is 0.465. The Morgan fingerprint density at radius 3 is 2.61 bits per heavy atom. The van der Waals surface area contributed by atoms with Crippen molar-refractivity contribution in [3.05, 3.63) is 41.9 Å². The van der Waals surface area contributed by atoms with E-state index in [2.05, 4.69) is 9.97 Å². The number of aromatic nitrogens is 2. The Bertz CT molecular complexity index is 761. The second kappa shape index (κ2) is 5.53. The van der Waals surface area contributed by atoms with Gasteiger partial charge in [-0.3, -0.25) is 9.88 Å². The van der Waals surface area contributed by atoms with Crippen LogP contribution in [-0.2, 0) is 12.6 Å². The van der Waals surface area contributed by atoms with Gasteiger partial charge in [0.2, 0.25) is 0 Å². The Labute approximate surface area is 130 Å². The maximum absolute atomic E-state index is 12.8. The summed E-state index contributed by atoms with van der Waals surface area (Å²) in [6, 6.07) is 2.17. The number of hydrogen-bond acceptors (Lipinski definition) is 3. The third kappa shape index (κ3) is 2.96. The van der Waals surface area contributed by atoms with Crippen LogP contribution in [0, 0.1) is 0 Å². The second-order valence-corrected chi connectivity index (χ2v) is 5.26. The minimum absolute atomic E-state index is 0.325. The summed E-state index contributed by atoms with van der Waals surface area (Å²) in [5, 5.41) is 0. The van der Waals surface area contributed by atoms with E-state index < -0.39 is 17.8 Å². The maximum Gasteiger partial charge on any atom is 0.417 e. The number of alkyl halides is 3. The van der Waals surface area contributed by atoms with Gasteiger partial charge in [0, 0.05) is 36.3 Å². The summed E-state index contributed by atoms with van der Waals surface area (Å²) in [6.07, 6.45) is 0.524. The number of nitrogens with two attached hydrogens (primary N) is 1. The van der Waals surface area contributed by atoms with Gasteiger partial charge in [0.1, 0.15) is 5.82 Å². The lowest BCUT2D eigenvalue weighted by molar-refractivity contribution is -0.137. The van der Waals surface area contributed by atoms with Gasteiger partial charge in [-0.25, -0.2) is 9.78 Å². The smallest absolute Gasteiger partial charge is 0.351 e. The number of primary amides is 1. The van der Waals surface area contributed by atoms with Gasteiger partial charge in [-0.2, -0.15) is 13.2 Å². The Kier molecular flexibility index (Phi) is 3.67. The molecule has 23 heavy (non-hydrogen) atoms. The summed E-state index contributed by atoms with van der Waals surface area (Å²) in [6.45, 7) is 0.486. The normalized spacial score (nSPS) is 14.5. The van der Waals surface area contributed by atoms with Gasteiger partial charge in [-0.05, 0) is 30.5 Å². The summed E-state index contributed by atoms with van der Waals surface area (Å²) in [4.78, 5) is 20.6. The highest BCUT2D eigenvalue weighted by molar-refractivity contribution is 5.91. The molecule has 2 amide bonds. The molecule has 2 N–H and O–H groups in total. The molecule has 0 spiro atoms. The monoisotopic (exact) mass is 322 g/mol. The van der Waals surface area contributed by atoms with Gasteiger partial charge in [-0.15, -0.1) is 0 Å². The average molecular weight is 322 g/mol. The van der Waals surface area contributed by atoms with Crippen LogP contribution in [0.15, 0.2) is 30.7 Å². The highest BCUT2D eigenvalue weighted by Crippen LogP contribution is 2.33. The minimum Gasteiger partial charge on any atom is -0.351 e. The molecule has 3 rings (SSSR count). The molecule has 0 aromatic carbocycles. The first-order valence-electron chi connectivity index (χ1n) is 6.95. The molecule has 0 bridgehead atoms. The number of rotatable bonds is 1. The van der Waals surface area contributed by atoms with E-state index in [-0.39, 0.29) is 0 Å². The van der Waals surface area contributed by atoms with Gasteiger partial charge in [-0.1, -0.05) is 0 Å². The number of hydrogen-bond donors (Lipinski definition) is 1. The number of pyridine rings is 2. The first-order chi connectivity index (χ1) is 10.9. The van der Waals surface area contributed by atoms with Crippen LogP contribution in [0.5, 0.6) is 0 Å². The van der Waals surface area contributed by atoms with E-state index in [0.29, 0.717) is 29.9 Å². The molecule has 2 aromatic rings. The lowest BCUT2D eigenvalue weighted by atomic mass is 10.0. The van der Waals surface area contributed by atoms with Crippen LogP contribution in [-0.4, -0.2) is 22.5 Å². The molecule has 0 saturated carbocycles. The molecule has 0 saturated heterocycles. The maximum atomic E-state index is 12.8. The van der Waals surface area contributed by atoms with Crippen LogP contribution >= 0.6 is 0 Å². The van der Waals surface area contributed by atoms with Gasteiger partial charge in [0.05, 0.1) is 5.56 Å². The molecular weight excluding hydrogens is 309 g/mol. The Morgan fingerprint density at radius 2 is 1.91 bits per heavy atom. The molecule has 0 atom stereocenters. The van der Waals surface area contributed by atoms with E-state index in [1.165, 1.54) is 17.3 Å². The summed E-state index contributed by atoms with van der Waals surface area (Å²) >= 11 is 0. The fourth-order valence-corrected chi connectivity index (χ4v) is 2.59. The summed E-state index contributed by atoms with van der Waals surface area (Å²) in [5.41, 5.74) is 6.13. The highest BCUT2D eigenvalue weighted by atomic mass is 19.4. The number of amides is 2. The molecule has 5 nitrogen and oxygen atoms in total. The third-order valence-corrected chi connectivity index (χ3v) is 3.69. The molecule has 1 aliphatic rings. The van der Waals surface area contributed by atoms with E-state index in [1.807, 2.05) is 0 Å². The number of anilines is 1. The zero-order valence-electron chi connectivity index (χ0n) is 12.0. The van der Waals surface area contributed by atoms with Crippen molar-refractivity contribution < 1.29 is 18.0 Å². The first-order valence-corrected chi connectivity index (χ1v) is 6.95. The van der Waals surface area contributed by atoms with Crippen molar-refractivity contribution in [3.63, 3.8) is 0 Å². The number of halogens is 3.